The Morgan fingerprint density at radius 2 is 1.61 bits per heavy atom. The van der Waals surface area contributed by atoms with Gasteiger partial charge in [-0.15, -0.1) is 0 Å². The first-order valence-corrected chi connectivity index (χ1v) is 14.2. The lowest BCUT2D eigenvalue weighted by atomic mass is 9.33. The third kappa shape index (κ3) is 3.34. The van der Waals surface area contributed by atoms with Gasteiger partial charge in [-0.3, -0.25) is 19.2 Å². The van der Waals surface area contributed by atoms with Gasteiger partial charge < -0.3 is 33.9 Å². The van der Waals surface area contributed by atoms with Crippen LogP contribution in [0.25, 0.3) is 0 Å². The molecule has 13 atom stereocenters. The summed E-state index contributed by atoms with van der Waals surface area (Å²) in [6.45, 7) is 7.39. The molecule has 0 unspecified atom stereocenters. The van der Waals surface area contributed by atoms with E-state index in [1.165, 1.54) is 26.4 Å². The van der Waals surface area contributed by atoms with E-state index in [0.717, 1.165) is 0 Å². The highest BCUT2D eigenvalue weighted by Crippen LogP contribution is 2.75. The van der Waals surface area contributed by atoms with E-state index in [-0.39, 0.29) is 31.7 Å². The molecule has 5 fully saturated rings. The predicted molar refractivity (Wildman–Crippen MR) is 138 cm³/mol. The van der Waals surface area contributed by atoms with E-state index in [9.17, 15) is 34.5 Å². The van der Waals surface area contributed by atoms with Crippen LogP contribution in [0, 0.1) is 39.4 Å². The maximum atomic E-state index is 14.9. The molecule has 41 heavy (non-hydrogen) atoms. The number of esters is 2. The van der Waals surface area contributed by atoms with Crippen molar-refractivity contribution in [3.8, 4) is 0 Å². The average molecular weight is 575 g/mol. The molecular weight excluding hydrogens is 536 g/mol. The van der Waals surface area contributed by atoms with Gasteiger partial charge in [-0.2, -0.15) is 0 Å². The van der Waals surface area contributed by atoms with Crippen LogP contribution in [0.1, 0.15) is 65.4 Å². The van der Waals surface area contributed by atoms with Gasteiger partial charge in [0.25, 0.3) is 0 Å². The summed E-state index contributed by atoms with van der Waals surface area (Å²) in [5.41, 5.74) is -4.52. The van der Waals surface area contributed by atoms with Crippen molar-refractivity contribution in [1.29, 1.82) is 0 Å². The number of fused-ring (bicyclic) bond motifs is 3. The third-order valence-electron chi connectivity index (χ3n) is 11.9. The molecule has 3 N–H and O–H groups in total. The zero-order chi connectivity index (χ0) is 29.9. The SMILES string of the molecule is CC(=O)O[C@H]1C[C@@H](O)[C@@]23CO[C@H](O)[C@]1(C)[C@@H]2C[C@H](O)[C@]1(C)[C@@H]2C(=O)C[C@@H](c4ccoc4)[C@]2(C)[C@H](OC(C)=O)C(=O)[C@@H]13. The molecule has 2 bridgehead atoms. The van der Waals surface area contributed by atoms with Gasteiger partial charge in [0.1, 0.15) is 11.9 Å². The maximum Gasteiger partial charge on any atom is 0.303 e. The molecule has 1 aliphatic heterocycles. The summed E-state index contributed by atoms with van der Waals surface area (Å²) in [7, 11) is 0. The van der Waals surface area contributed by atoms with E-state index in [1.54, 1.807) is 26.8 Å². The minimum absolute atomic E-state index is 0.0283. The highest BCUT2D eigenvalue weighted by molar-refractivity contribution is 5.97. The van der Waals surface area contributed by atoms with Crippen molar-refractivity contribution in [3.05, 3.63) is 24.2 Å². The Morgan fingerprint density at radius 1 is 0.927 bits per heavy atom. The summed E-state index contributed by atoms with van der Waals surface area (Å²) >= 11 is 0. The van der Waals surface area contributed by atoms with Gasteiger partial charge in [0.05, 0.1) is 36.8 Å². The molecule has 1 saturated heterocycles. The lowest BCUT2D eigenvalue weighted by molar-refractivity contribution is -0.371. The van der Waals surface area contributed by atoms with Crippen LogP contribution >= 0.6 is 0 Å². The van der Waals surface area contributed by atoms with Crippen molar-refractivity contribution in [2.45, 2.75) is 90.5 Å². The van der Waals surface area contributed by atoms with E-state index >= 15 is 0 Å². The van der Waals surface area contributed by atoms with Crippen molar-refractivity contribution >= 4 is 23.5 Å². The second-order valence-corrected chi connectivity index (χ2v) is 13.6. The summed E-state index contributed by atoms with van der Waals surface area (Å²) < 4.78 is 22.6. The van der Waals surface area contributed by atoms with Crippen LogP contribution < -0.4 is 0 Å². The predicted octanol–water partition coefficient (Wildman–Crippen LogP) is 1.51. The molecule has 224 valence electrons. The van der Waals surface area contributed by atoms with Gasteiger partial charge >= 0.3 is 11.9 Å². The van der Waals surface area contributed by atoms with Crippen LogP contribution in [-0.4, -0.2) is 76.1 Å². The Hall–Kier alpha value is -2.60. The zero-order valence-electron chi connectivity index (χ0n) is 23.9. The number of ketones is 2. The van der Waals surface area contributed by atoms with Crippen molar-refractivity contribution in [2.75, 3.05) is 6.61 Å². The van der Waals surface area contributed by atoms with E-state index < -0.39 is 93.8 Å². The molecule has 11 heteroatoms. The topological polar surface area (TPSA) is 170 Å². The second kappa shape index (κ2) is 8.95. The van der Waals surface area contributed by atoms with Crippen molar-refractivity contribution in [3.63, 3.8) is 0 Å². The summed E-state index contributed by atoms with van der Waals surface area (Å²) in [6.07, 6.45) is -3.16. The molecule has 0 spiro atoms. The normalized spacial score (nSPS) is 50.4. The molecule has 5 aliphatic rings. The lowest BCUT2D eigenvalue weighted by Crippen LogP contribution is -2.80. The molecule has 0 amide bonds. The molecule has 0 aromatic carbocycles. The molecule has 4 saturated carbocycles. The maximum absolute atomic E-state index is 14.9. The van der Waals surface area contributed by atoms with Crippen molar-refractivity contribution in [1.82, 2.24) is 0 Å². The van der Waals surface area contributed by atoms with E-state index in [0.29, 0.717) is 5.56 Å². The Kier molecular flexibility index (Phi) is 6.23. The molecule has 2 heterocycles. The minimum Gasteiger partial charge on any atom is -0.472 e. The molecule has 4 aliphatic carbocycles. The highest BCUT2D eigenvalue weighted by atomic mass is 16.6. The first-order valence-electron chi connectivity index (χ1n) is 14.2. The number of hydrogen-bond donors (Lipinski definition) is 3. The summed E-state index contributed by atoms with van der Waals surface area (Å²) in [4.78, 5) is 53.5. The molecule has 11 nitrogen and oxygen atoms in total. The molecule has 1 aromatic heterocycles. The van der Waals surface area contributed by atoms with E-state index in [4.69, 9.17) is 18.6 Å². The van der Waals surface area contributed by atoms with Gasteiger partial charge in [0.2, 0.25) is 0 Å². The molecule has 1 aromatic rings. The number of hydrogen-bond acceptors (Lipinski definition) is 11. The average Bonchev–Trinajstić information content (AvgIpc) is 3.50. The van der Waals surface area contributed by atoms with Crippen LogP contribution in [0.4, 0.5) is 0 Å². The number of aliphatic hydroxyl groups excluding tert-OH is 3. The molecule has 0 radical (unpaired) electrons. The first kappa shape index (κ1) is 28.5. The molecule has 6 rings (SSSR count). The summed E-state index contributed by atoms with van der Waals surface area (Å²) in [5, 5.41) is 35.1. The Bertz CT molecular complexity index is 1290. The fraction of sp³-hybridized carbons (Fsp3) is 0.733. The lowest BCUT2D eigenvalue weighted by Gasteiger charge is -2.72. The Balaban J connectivity index is 1.57. The summed E-state index contributed by atoms with van der Waals surface area (Å²) in [6, 6.07) is 1.73. The number of carbonyl (C=O) groups excluding carboxylic acids is 4. The van der Waals surface area contributed by atoms with Crippen molar-refractivity contribution < 1.29 is 53.1 Å². The van der Waals surface area contributed by atoms with E-state index in [1.807, 2.05) is 0 Å². The van der Waals surface area contributed by atoms with Crippen LogP contribution in [-0.2, 0) is 33.4 Å². The smallest absolute Gasteiger partial charge is 0.303 e. The molecular formula is C30H38O11. The minimum atomic E-state index is -1.40. The Labute approximate surface area is 237 Å². The number of rotatable bonds is 3. The van der Waals surface area contributed by atoms with Crippen molar-refractivity contribution in [2.24, 2.45) is 39.4 Å². The number of aliphatic hydroxyl groups is 3. The van der Waals surface area contributed by atoms with Gasteiger partial charge in [0, 0.05) is 60.7 Å². The second-order valence-electron chi connectivity index (χ2n) is 13.6. The first-order chi connectivity index (χ1) is 19.2. The summed E-state index contributed by atoms with van der Waals surface area (Å²) in [5.74, 6) is -5.30. The van der Waals surface area contributed by atoms with Crippen LogP contribution in [0.5, 0.6) is 0 Å². The fourth-order valence-corrected chi connectivity index (χ4v) is 10.3. The van der Waals surface area contributed by atoms with Gasteiger partial charge in [-0.1, -0.05) is 20.8 Å². The largest absolute Gasteiger partial charge is 0.472 e. The number of ether oxygens (including phenoxy) is 3. The van der Waals surface area contributed by atoms with Gasteiger partial charge in [-0.05, 0) is 24.0 Å². The number of Topliss-reactive ketones (excluding diaryl/α,β-unsaturated/α-hetero) is 2. The van der Waals surface area contributed by atoms with Gasteiger partial charge in [-0.25, -0.2) is 0 Å². The van der Waals surface area contributed by atoms with Gasteiger partial charge in [0.15, 0.2) is 18.2 Å². The quantitative estimate of drug-likeness (QED) is 0.447. The number of furan rings is 1. The van der Waals surface area contributed by atoms with E-state index in [2.05, 4.69) is 0 Å². The third-order valence-corrected chi connectivity index (χ3v) is 11.9. The monoisotopic (exact) mass is 574 g/mol. The zero-order valence-corrected chi connectivity index (χ0v) is 23.9. The number of carbonyl (C=O) groups is 4. The highest BCUT2D eigenvalue weighted by Gasteiger charge is 2.82. The van der Waals surface area contributed by atoms with Crippen LogP contribution in [0.3, 0.4) is 0 Å². The van der Waals surface area contributed by atoms with Crippen LogP contribution in [0.15, 0.2) is 23.0 Å². The van der Waals surface area contributed by atoms with Crippen LogP contribution in [0.2, 0.25) is 0 Å². The fourth-order valence-electron chi connectivity index (χ4n) is 10.3. The standard InChI is InChI=1S/C30H38O11/c1-13(31)40-21-10-20(35)30-12-39-26(37)28(21,4)18(30)9-19(34)29(5)23-17(33)8-16(15-6-7-38-11-15)27(23,3)25(41-14(2)32)22(36)24(29)30/h6-7,11,16,18-21,23-26,34-35,37H,8-10,12H2,1-5H3/t16-,18-,19-,20+,21-,23+,24-,25+,26-,27-,28+,29+,30+/m0/s1. The Morgan fingerprint density at radius 3 is 2.22 bits per heavy atom.